The van der Waals surface area contributed by atoms with Crippen LogP contribution in [0.2, 0.25) is 0 Å². The summed E-state index contributed by atoms with van der Waals surface area (Å²) in [6.45, 7) is 0.439. The Labute approximate surface area is 89.8 Å². The maximum atomic E-state index is 11.1. The first-order valence-corrected chi connectivity index (χ1v) is 6.93. The van der Waals surface area contributed by atoms with Crippen LogP contribution in [0, 0.1) is 5.92 Å². The van der Waals surface area contributed by atoms with Crippen molar-refractivity contribution in [3.05, 3.63) is 0 Å². The lowest BCUT2D eigenvalue weighted by Gasteiger charge is -2.08. The van der Waals surface area contributed by atoms with Gasteiger partial charge in [-0.05, 0) is 18.8 Å². The number of amides is 1. The normalized spacial score (nSPS) is 23.9. The first-order valence-electron chi connectivity index (χ1n) is 5.11. The van der Waals surface area contributed by atoms with Gasteiger partial charge in [-0.15, -0.1) is 0 Å². The van der Waals surface area contributed by atoms with E-state index in [1.807, 2.05) is 0 Å². The number of aliphatic hydroxyl groups excluding tert-OH is 1. The lowest BCUT2D eigenvalue weighted by molar-refractivity contribution is -0.121. The van der Waals surface area contributed by atoms with Gasteiger partial charge in [0.25, 0.3) is 0 Å². The average molecular weight is 235 g/mol. The fourth-order valence-electron chi connectivity index (χ4n) is 1.62. The molecule has 88 valence electrons. The quantitative estimate of drug-likeness (QED) is 0.660. The Morgan fingerprint density at radius 2 is 2.20 bits per heavy atom. The van der Waals surface area contributed by atoms with E-state index in [4.69, 9.17) is 5.11 Å². The van der Waals surface area contributed by atoms with E-state index < -0.39 is 9.84 Å². The second-order valence-corrected chi connectivity index (χ2v) is 6.13. The van der Waals surface area contributed by atoms with Gasteiger partial charge in [0.1, 0.15) is 0 Å². The summed E-state index contributed by atoms with van der Waals surface area (Å²) in [7, 11) is -2.85. The molecular weight excluding hydrogens is 218 g/mol. The number of hydrogen-bond donors (Lipinski definition) is 2. The maximum absolute atomic E-state index is 11.1. The molecule has 1 amide bonds. The minimum atomic E-state index is -2.85. The van der Waals surface area contributed by atoms with Gasteiger partial charge in [0.05, 0.1) is 11.5 Å². The summed E-state index contributed by atoms with van der Waals surface area (Å²) < 4.78 is 22.2. The average Bonchev–Trinajstić information content (AvgIpc) is 2.52. The van der Waals surface area contributed by atoms with Crippen LogP contribution in [0.15, 0.2) is 0 Å². The predicted octanol–water partition coefficient (Wildman–Crippen LogP) is -0.690. The van der Waals surface area contributed by atoms with Crippen molar-refractivity contribution >= 4 is 15.7 Å². The zero-order valence-corrected chi connectivity index (χ0v) is 9.42. The Bertz CT molecular complexity index is 312. The molecule has 1 saturated heterocycles. The summed E-state index contributed by atoms with van der Waals surface area (Å²) in [5.41, 5.74) is 0. The predicted molar refractivity (Wildman–Crippen MR) is 56.1 cm³/mol. The molecule has 6 heteroatoms. The molecule has 1 heterocycles. The molecule has 15 heavy (non-hydrogen) atoms. The summed E-state index contributed by atoms with van der Waals surface area (Å²) >= 11 is 0. The third-order valence-corrected chi connectivity index (χ3v) is 4.31. The lowest BCUT2D eigenvalue weighted by atomic mass is 10.1. The molecule has 1 unspecified atom stereocenters. The van der Waals surface area contributed by atoms with Crippen molar-refractivity contribution in [2.75, 3.05) is 24.7 Å². The zero-order valence-electron chi connectivity index (χ0n) is 8.61. The highest BCUT2D eigenvalue weighted by Crippen LogP contribution is 2.17. The number of carbonyl (C=O) groups excluding carboxylic acids is 1. The standard InChI is InChI=1S/C9H17NO4S/c11-4-1-2-9(12)10-6-8-3-5-15(13,14)7-8/h8,11H,1-7H2,(H,10,12). The molecule has 0 radical (unpaired) electrons. The molecule has 1 aliphatic heterocycles. The van der Waals surface area contributed by atoms with E-state index >= 15 is 0 Å². The SMILES string of the molecule is O=C(CCCO)NCC1CCS(=O)(=O)C1. The molecule has 0 aromatic carbocycles. The smallest absolute Gasteiger partial charge is 0.220 e. The molecule has 0 aromatic rings. The minimum absolute atomic E-state index is 0.00519. The summed E-state index contributed by atoms with van der Waals surface area (Å²) in [6, 6.07) is 0. The van der Waals surface area contributed by atoms with Gasteiger partial charge >= 0.3 is 0 Å². The van der Waals surface area contributed by atoms with E-state index in [0.717, 1.165) is 0 Å². The van der Waals surface area contributed by atoms with Crippen LogP contribution < -0.4 is 5.32 Å². The fourth-order valence-corrected chi connectivity index (χ4v) is 3.48. The van der Waals surface area contributed by atoms with Crippen LogP contribution >= 0.6 is 0 Å². The van der Waals surface area contributed by atoms with E-state index in [-0.39, 0.29) is 29.9 Å². The second-order valence-electron chi connectivity index (χ2n) is 3.90. The Morgan fingerprint density at radius 3 is 2.73 bits per heavy atom. The number of nitrogens with one attached hydrogen (secondary N) is 1. The Kier molecular flexibility index (Phi) is 4.53. The molecule has 1 fully saturated rings. The maximum Gasteiger partial charge on any atom is 0.220 e. The first-order chi connectivity index (χ1) is 7.03. The highest BCUT2D eigenvalue weighted by atomic mass is 32.2. The van der Waals surface area contributed by atoms with Crippen LogP contribution in [0.3, 0.4) is 0 Å². The van der Waals surface area contributed by atoms with Crippen LogP contribution in [-0.4, -0.2) is 44.1 Å². The largest absolute Gasteiger partial charge is 0.396 e. The summed E-state index contributed by atoms with van der Waals surface area (Å²) in [5.74, 6) is 0.374. The van der Waals surface area contributed by atoms with Crippen molar-refractivity contribution in [1.82, 2.24) is 5.32 Å². The molecule has 0 bridgehead atoms. The summed E-state index contributed by atoms with van der Waals surface area (Å²) in [6.07, 6.45) is 1.40. The second kappa shape index (κ2) is 5.46. The number of hydrogen-bond acceptors (Lipinski definition) is 4. The molecular formula is C9H17NO4S. The first kappa shape index (κ1) is 12.4. The van der Waals surface area contributed by atoms with E-state index in [0.29, 0.717) is 25.8 Å². The van der Waals surface area contributed by atoms with Crippen LogP contribution in [0.1, 0.15) is 19.3 Å². The topological polar surface area (TPSA) is 83.5 Å². The van der Waals surface area contributed by atoms with Gasteiger partial charge in [0.2, 0.25) is 5.91 Å². The van der Waals surface area contributed by atoms with Gasteiger partial charge in [0.15, 0.2) is 9.84 Å². The van der Waals surface area contributed by atoms with Gasteiger partial charge < -0.3 is 10.4 Å². The molecule has 0 saturated carbocycles. The van der Waals surface area contributed by atoms with Crippen molar-refractivity contribution in [3.63, 3.8) is 0 Å². The number of rotatable bonds is 5. The van der Waals surface area contributed by atoms with Crippen molar-refractivity contribution in [1.29, 1.82) is 0 Å². The third-order valence-electron chi connectivity index (χ3n) is 2.48. The Balaban J connectivity index is 2.18. The zero-order chi connectivity index (χ0) is 11.3. The third kappa shape index (κ3) is 4.61. The van der Waals surface area contributed by atoms with Gasteiger partial charge in [-0.3, -0.25) is 4.79 Å². The molecule has 2 N–H and O–H groups in total. The molecule has 5 nitrogen and oxygen atoms in total. The van der Waals surface area contributed by atoms with Gasteiger partial charge in [-0.1, -0.05) is 0 Å². The van der Waals surface area contributed by atoms with Crippen LogP contribution in [-0.2, 0) is 14.6 Å². The van der Waals surface area contributed by atoms with E-state index in [2.05, 4.69) is 5.32 Å². The lowest BCUT2D eigenvalue weighted by Crippen LogP contribution is -2.29. The molecule has 1 rings (SSSR count). The van der Waals surface area contributed by atoms with Gasteiger partial charge in [-0.25, -0.2) is 8.42 Å². The van der Waals surface area contributed by atoms with Crippen LogP contribution in [0.5, 0.6) is 0 Å². The van der Waals surface area contributed by atoms with Crippen molar-refractivity contribution in [2.45, 2.75) is 19.3 Å². The van der Waals surface area contributed by atoms with Crippen molar-refractivity contribution in [3.8, 4) is 0 Å². The monoisotopic (exact) mass is 235 g/mol. The van der Waals surface area contributed by atoms with Gasteiger partial charge in [0, 0.05) is 19.6 Å². The summed E-state index contributed by atoms with van der Waals surface area (Å²) in [4.78, 5) is 11.1. The number of carbonyl (C=O) groups is 1. The van der Waals surface area contributed by atoms with Crippen molar-refractivity contribution < 1.29 is 18.3 Å². The molecule has 0 spiro atoms. The Morgan fingerprint density at radius 1 is 1.47 bits per heavy atom. The molecule has 1 aliphatic rings. The van der Waals surface area contributed by atoms with Crippen LogP contribution in [0.4, 0.5) is 0 Å². The van der Waals surface area contributed by atoms with E-state index in [1.54, 1.807) is 0 Å². The minimum Gasteiger partial charge on any atom is -0.396 e. The number of aliphatic hydroxyl groups is 1. The molecule has 0 aliphatic carbocycles. The van der Waals surface area contributed by atoms with Crippen LogP contribution in [0.25, 0.3) is 0 Å². The fraction of sp³-hybridized carbons (Fsp3) is 0.889. The highest BCUT2D eigenvalue weighted by Gasteiger charge is 2.27. The van der Waals surface area contributed by atoms with E-state index in [9.17, 15) is 13.2 Å². The summed E-state index contributed by atoms with van der Waals surface area (Å²) in [5, 5.41) is 11.2. The number of sulfone groups is 1. The highest BCUT2D eigenvalue weighted by molar-refractivity contribution is 7.91. The van der Waals surface area contributed by atoms with E-state index in [1.165, 1.54) is 0 Å². The van der Waals surface area contributed by atoms with Crippen molar-refractivity contribution in [2.24, 2.45) is 5.92 Å². The molecule has 1 atom stereocenters. The van der Waals surface area contributed by atoms with Gasteiger partial charge in [-0.2, -0.15) is 0 Å². The molecule has 0 aromatic heterocycles. The Hall–Kier alpha value is -0.620.